The van der Waals surface area contributed by atoms with E-state index in [1.54, 1.807) is 0 Å². The molecule has 0 aliphatic heterocycles. The molecule has 4 rings (SSSR count). The van der Waals surface area contributed by atoms with E-state index in [-0.39, 0.29) is 0 Å². The molecular weight excluding hydrogens is 415 g/mol. The number of nitrogens with two attached hydrogens (primary N) is 1. The molecular formula is C25H26F3N3O. The Kier molecular flexibility index (Phi) is 6.11. The minimum Gasteiger partial charge on any atom is -0.492 e. The van der Waals surface area contributed by atoms with Crippen LogP contribution in [0.4, 0.5) is 13.2 Å². The fourth-order valence-corrected chi connectivity index (χ4v) is 4.14. The summed E-state index contributed by atoms with van der Waals surface area (Å²) in [6, 6.07) is 11.6. The number of aryl methyl sites for hydroxylation is 2. The minimum atomic E-state index is -4.40. The number of aromatic amines is 1. The van der Waals surface area contributed by atoms with Crippen molar-refractivity contribution in [3.63, 3.8) is 0 Å². The second-order valence-electron chi connectivity index (χ2n) is 7.88. The number of pyridine rings is 1. The summed E-state index contributed by atoms with van der Waals surface area (Å²) in [6.07, 6.45) is -2.18. The molecule has 0 bridgehead atoms. The lowest BCUT2D eigenvalue weighted by Crippen LogP contribution is -2.04. The molecule has 168 valence electrons. The number of ether oxygens (including phenoxy) is 1. The summed E-state index contributed by atoms with van der Waals surface area (Å²) < 4.78 is 46.0. The summed E-state index contributed by atoms with van der Waals surface area (Å²) in [5.74, 6) is 0.690. The number of nitrogens with one attached hydrogen (secondary N) is 1. The average molecular weight is 441 g/mol. The Morgan fingerprint density at radius 2 is 1.84 bits per heavy atom. The first-order valence-corrected chi connectivity index (χ1v) is 10.8. The van der Waals surface area contributed by atoms with Crippen LogP contribution >= 0.6 is 0 Å². The Hall–Kier alpha value is -3.06. The Morgan fingerprint density at radius 1 is 1.03 bits per heavy atom. The maximum atomic E-state index is 13.4. The number of rotatable bonds is 7. The lowest BCUT2D eigenvalue weighted by Gasteiger charge is -2.13. The fraction of sp³-hybridized carbons (Fsp3) is 0.320. The lowest BCUT2D eigenvalue weighted by atomic mass is 9.96. The van der Waals surface area contributed by atoms with E-state index in [0.29, 0.717) is 36.2 Å². The molecule has 0 saturated carbocycles. The van der Waals surface area contributed by atoms with Gasteiger partial charge in [0.2, 0.25) is 0 Å². The van der Waals surface area contributed by atoms with Crippen molar-refractivity contribution in [2.45, 2.75) is 39.3 Å². The van der Waals surface area contributed by atoms with Crippen LogP contribution in [0.1, 0.15) is 36.6 Å². The van der Waals surface area contributed by atoms with Crippen molar-refractivity contribution in [3.8, 4) is 17.0 Å². The monoisotopic (exact) mass is 441 g/mol. The predicted molar refractivity (Wildman–Crippen MR) is 122 cm³/mol. The van der Waals surface area contributed by atoms with Gasteiger partial charge in [-0.1, -0.05) is 6.07 Å². The molecule has 4 nitrogen and oxygen atoms in total. The number of fused-ring (bicyclic) bond motifs is 2. The molecule has 0 fully saturated rings. The molecule has 2 aromatic heterocycles. The van der Waals surface area contributed by atoms with E-state index in [4.69, 9.17) is 10.5 Å². The highest BCUT2D eigenvalue weighted by Crippen LogP contribution is 2.40. The SMILES string of the molecule is CCOc1ccc(-c2[nH]c3ccc(C(F)(F)F)cc3c2CCCCN)c2ccc(C)nc12. The zero-order valence-electron chi connectivity index (χ0n) is 18.1. The van der Waals surface area contributed by atoms with Crippen molar-refractivity contribution < 1.29 is 17.9 Å². The third-order valence-corrected chi connectivity index (χ3v) is 5.64. The first-order chi connectivity index (χ1) is 15.3. The second-order valence-corrected chi connectivity index (χ2v) is 7.88. The van der Waals surface area contributed by atoms with Crippen LogP contribution in [-0.4, -0.2) is 23.1 Å². The van der Waals surface area contributed by atoms with Crippen LogP contribution < -0.4 is 10.5 Å². The third-order valence-electron chi connectivity index (χ3n) is 5.64. The number of halogens is 3. The maximum Gasteiger partial charge on any atom is 0.416 e. The van der Waals surface area contributed by atoms with Gasteiger partial charge in [-0.3, -0.25) is 0 Å². The normalized spacial score (nSPS) is 12.1. The highest BCUT2D eigenvalue weighted by Gasteiger charge is 2.31. The predicted octanol–water partition coefficient (Wildman–Crippen LogP) is 6.39. The van der Waals surface area contributed by atoms with E-state index in [1.165, 1.54) is 12.1 Å². The summed E-state index contributed by atoms with van der Waals surface area (Å²) in [4.78, 5) is 8.06. The van der Waals surface area contributed by atoms with Crippen molar-refractivity contribution >= 4 is 21.8 Å². The third kappa shape index (κ3) is 4.17. The molecule has 2 aromatic carbocycles. The second kappa shape index (κ2) is 8.82. The molecule has 0 spiro atoms. The summed E-state index contributed by atoms with van der Waals surface area (Å²) in [5, 5.41) is 1.48. The van der Waals surface area contributed by atoms with Crippen LogP contribution in [-0.2, 0) is 12.6 Å². The zero-order valence-corrected chi connectivity index (χ0v) is 18.1. The van der Waals surface area contributed by atoms with Crippen LogP contribution in [0.2, 0.25) is 0 Å². The number of nitrogens with zero attached hydrogens (tertiary/aromatic N) is 1. The number of H-pyrrole nitrogens is 1. The van der Waals surface area contributed by atoms with E-state index >= 15 is 0 Å². The van der Waals surface area contributed by atoms with Crippen molar-refractivity contribution in [1.29, 1.82) is 0 Å². The molecule has 0 amide bonds. The Morgan fingerprint density at radius 3 is 2.56 bits per heavy atom. The van der Waals surface area contributed by atoms with Crippen LogP contribution in [0.25, 0.3) is 33.1 Å². The van der Waals surface area contributed by atoms with E-state index < -0.39 is 11.7 Å². The van der Waals surface area contributed by atoms with Gasteiger partial charge in [-0.2, -0.15) is 13.2 Å². The van der Waals surface area contributed by atoms with Crippen LogP contribution in [0.3, 0.4) is 0 Å². The summed E-state index contributed by atoms with van der Waals surface area (Å²) in [6.45, 7) is 4.89. The van der Waals surface area contributed by atoms with Gasteiger partial charge in [0, 0.05) is 27.5 Å². The molecule has 32 heavy (non-hydrogen) atoms. The van der Waals surface area contributed by atoms with Crippen molar-refractivity contribution in [2.75, 3.05) is 13.2 Å². The number of hydrogen-bond acceptors (Lipinski definition) is 3. The van der Waals surface area contributed by atoms with Crippen molar-refractivity contribution in [2.24, 2.45) is 5.73 Å². The van der Waals surface area contributed by atoms with Gasteiger partial charge in [0.05, 0.1) is 17.9 Å². The van der Waals surface area contributed by atoms with Crippen LogP contribution in [0.5, 0.6) is 5.75 Å². The average Bonchev–Trinajstić information content (AvgIpc) is 3.11. The molecule has 0 radical (unpaired) electrons. The molecule has 2 heterocycles. The summed E-state index contributed by atoms with van der Waals surface area (Å²) in [5.41, 5.74) is 9.88. The standard InChI is InChI=1S/C25H26F3N3O/c1-3-32-22-12-10-18(19-9-7-15(2)30-24(19)22)23-17(6-4-5-13-29)20-14-16(25(26,27)28)8-11-21(20)31-23/h7-12,14,31H,3-6,13,29H2,1-2H3. The summed E-state index contributed by atoms with van der Waals surface area (Å²) >= 11 is 0. The first-order valence-electron chi connectivity index (χ1n) is 10.8. The number of aromatic nitrogens is 2. The highest BCUT2D eigenvalue weighted by molar-refractivity contribution is 6.01. The number of alkyl halides is 3. The van der Waals surface area contributed by atoms with Crippen molar-refractivity contribution in [1.82, 2.24) is 9.97 Å². The molecule has 3 N–H and O–H groups in total. The van der Waals surface area contributed by atoms with Gasteiger partial charge >= 0.3 is 6.18 Å². The van der Waals surface area contributed by atoms with E-state index in [2.05, 4.69) is 9.97 Å². The van der Waals surface area contributed by atoms with Crippen molar-refractivity contribution in [3.05, 3.63) is 59.3 Å². The van der Waals surface area contributed by atoms with Crippen LogP contribution in [0, 0.1) is 6.92 Å². The van der Waals surface area contributed by atoms with Gasteiger partial charge in [0.25, 0.3) is 0 Å². The Labute approximate surface area is 184 Å². The van der Waals surface area contributed by atoms with Gasteiger partial charge in [-0.15, -0.1) is 0 Å². The number of unbranched alkanes of at least 4 members (excludes halogenated alkanes) is 1. The Balaban J connectivity index is 1.96. The smallest absolute Gasteiger partial charge is 0.416 e. The molecule has 4 aromatic rings. The zero-order chi connectivity index (χ0) is 22.9. The van der Waals surface area contributed by atoms with E-state index in [1.807, 2.05) is 38.1 Å². The maximum absolute atomic E-state index is 13.4. The van der Waals surface area contributed by atoms with E-state index in [0.717, 1.165) is 52.3 Å². The van der Waals surface area contributed by atoms with Crippen LogP contribution in [0.15, 0.2) is 42.5 Å². The first kappa shape index (κ1) is 22.1. The highest BCUT2D eigenvalue weighted by atomic mass is 19.4. The summed E-state index contributed by atoms with van der Waals surface area (Å²) in [7, 11) is 0. The largest absolute Gasteiger partial charge is 0.492 e. The lowest BCUT2D eigenvalue weighted by molar-refractivity contribution is -0.137. The van der Waals surface area contributed by atoms with Gasteiger partial charge in [-0.25, -0.2) is 4.98 Å². The molecule has 0 aliphatic rings. The molecule has 0 unspecified atom stereocenters. The quantitative estimate of drug-likeness (QED) is 0.327. The van der Waals surface area contributed by atoms with Gasteiger partial charge < -0.3 is 15.5 Å². The molecule has 7 heteroatoms. The number of benzene rings is 2. The minimum absolute atomic E-state index is 0.515. The van der Waals surface area contributed by atoms with Gasteiger partial charge in [-0.05, 0) is 81.6 Å². The Bertz CT molecular complexity index is 1260. The topological polar surface area (TPSA) is 63.9 Å². The number of hydrogen-bond donors (Lipinski definition) is 2. The molecule has 0 saturated heterocycles. The van der Waals surface area contributed by atoms with Gasteiger partial charge in [0.15, 0.2) is 0 Å². The molecule has 0 aliphatic carbocycles. The fourth-order valence-electron chi connectivity index (χ4n) is 4.14. The molecule has 0 atom stereocenters. The van der Waals surface area contributed by atoms with E-state index in [9.17, 15) is 13.2 Å². The van der Waals surface area contributed by atoms with Gasteiger partial charge in [0.1, 0.15) is 11.3 Å².